The number of phenolic OH excluding ortho intramolecular Hbond substituents is 1. The molecule has 0 aromatic heterocycles. The largest absolute Gasteiger partial charge is 0.508 e. The Morgan fingerprint density at radius 3 is 2.56 bits per heavy atom. The van der Waals surface area contributed by atoms with Crippen molar-refractivity contribution in [2.75, 3.05) is 32.7 Å². The highest BCUT2D eigenvalue weighted by molar-refractivity contribution is 5.85. The van der Waals surface area contributed by atoms with Crippen LogP contribution in [0.15, 0.2) is 54.6 Å². The number of likely N-dealkylation sites (tertiary alicyclic amines) is 1. The number of carbonyl (C=O) groups is 2. The van der Waals surface area contributed by atoms with E-state index in [1.54, 1.807) is 6.07 Å². The van der Waals surface area contributed by atoms with Gasteiger partial charge in [0.15, 0.2) is 0 Å². The second-order valence-electron chi connectivity index (χ2n) is 10.1. The van der Waals surface area contributed by atoms with Crippen molar-refractivity contribution in [3.05, 3.63) is 65.7 Å². The molecule has 2 amide bonds. The van der Waals surface area contributed by atoms with E-state index >= 15 is 0 Å². The lowest BCUT2D eigenvalue weighted by atomic mass is 9.68. The van der Waals surface area contributed by atoms with Crippen molar-refractivity contribution in [1.29, 1.82) is 0 Å². The molecule has 3 N–H and O–H groups in total. The summed E-state index contributed by atoms with van der Waals surface area (Å²) in [5.74, 6) is 0.623. The summed E-state index contributed by atoms with van der Waals surface area (Å²) in [5.41, 5.74) is 2.32. The van der Waals surface area contributed by atoms with Gasteiger partial charge in [0, 0.05) is 32.6 Å². The highest BCUT2D eigenvalue weighted by Gasteiger charge is 2.39. The predicted molar refractivity (Wildman–Crippen MR) is 147 cm³/mol. The van der Waals surface area contributed by atoms with Gasteiger partial charge in [0.2, 0.25) is 11.8 Å². The monoisotopic (exact) mass is 515 g/mol. The zero-order chi connectivity index (χ0) is 25.3. The third-order valence-electron chi connectivity index (χ3n) is 7.50. The summed E-state index contributed by atoms with van der Waals surface area (Å²) in [5, 5.41) is 15.9. The maximum atomic E-state index is 13.2. The van der Waals surface area contributed by atoms with E-state index in [0.29, 0.717) is 50.6 Å². The van der Waals surface area contributed by atoms with Gasteiger partial charge in [0.05, 0.1) is 5.92 Å². The highest BCUT2D eigenvalue weighted by atomic mass is 35.5. The molecule has 7 heteroatoms. The summed E-state index contributed by atoms with van der Waals surface area (Å²) in [7, 11) is 0. The lowest BCUT2D eigenvalue weighted by Crippen LogP contribution is -2.50. The van der Waals surface area contributed by atoms with Crippen molar-refractivity contribution in [2.24, 2.45) is 11.8 Å². The number of benzene rings is 2. The second kappa shape index (κ2) is 14.2. The molecular weight excluding hydrogens is 474 g/mol. The van der Waals surface area contributed by atoms with Crippen LogP contribution in [0.25, 0.3) is 0 Å². The molecule has 0 bridgehead atoms. The van der Waals surface area contributed by atoms with E-state index in [9.17, 15) is 14.7 Å². The smallest absolute Gasteiger partial charge is 0.224 e. The first-order valence-electron chi connectivity index (χ1n) is 12.9. The standard InChI is InChI=1S/C29H41N3O3.ClH/c1-4-30-27(34)14-9-16-31-28(35)24(18-23-10-6-5-7-11-23)21-32-17-15-29(3,22(2)20-32)25-12-8-13-26(33)19-25;/h5-8,10-13,19,22,24,33H,4,9,14-18,20-21H2,1-3H3,(H,30,34)(H,31,35);1H. The van der Waals surface area contributed by atoms with Crippen molar-refractivity contribution in [1.82, 2.24) is 15.5 Å². The number of piperidine rings is 1. The zero-order valence-electron chi connectivity index (χ0n) is 21.8. The van der Waals surface area contributed by atoms with E-state index < -0.39 is 0 Å². The fourth-order valence-electron chi connectivity index (χ4n) is 5.11. The van der Waals surface area contributed by atoms with Crippen LogP contribution in [0.1, 0.15) is 51.2 Å². The Bertz CT molecular complexity index is 971. The number of hydrogen-bond acceptors (Lipinski definition) is 4. The SMILES string of the molecule is CCNC(=O)CCCNC(=O)C(Cc1ccccc1)CN1CCC(C)(c2cccc(O)c2)C(C)C1.Cl. The highest BCUT2D eigenvalue weighted by Crippen LogP contribution is 2.40. The molecule has 1 aliphatic rings. The Labute approximate surface area is 222 Å². The molecule has 2 aromatic carbocycles. The van der Waals surface area contributed by atoms with Crippen LogP contribution in [0.3, 0.4) is 0 Å². The second-order valence-corrected chi connectivity index (χ2v) is 10.1. The van der Waals surface area contributed by atoms with Crippen molar-refractivity contribution in [3.8, 4) is 5.75 Å². The zero-order valence-corrected chi connectivity index (χ0v) is 22.7. The van der Waals surface area contributed by atoms with Crippen LogP contribution in [-0.2, 0) is 21.4 Å². The molecule has 0 saturated carbocycles. The van der Waals surface area contributed by atoms with E-state index in [2.05, 4.69) is 47.6 Å². The minimum atomic E-state index is -0.154. The Balaban J connectivity index is 0.00000456. The summed E-state index contributed by atoms with van der Waals surface area (Å²) >= 11 is 0. The molecule has 0 spiro atoms. The average molecular weight is 516 g/mol. The van der Waals surface area contributed by atoms with Crippen LogP contribution in [0, 0.1) is 11.8 Å². The molecule has 3 atom stereocenters. The van der Waals surface area contributed by atoms with Crippen molar-refractivity contribution >= 4 is 24.2 Å². The molecule has 1 fully saturated rings. The number of rotatable bonds is 11. The molecule has 198 valence electrons. The molecule has 3 rings (SSSR count). The number of halogens is 1. The van der Waals surface area contributed by atoms with Gasteiger partial charge >= 0.3 is 0 Å². The maximum Gasteiger partial charge on any atom is 0.224 e. The first-order valence-corrected chi connectivity index (χ1v) is 12.9. The maximum absolute atomic E-state index is 13.2. The molecular formula is C29H42ClN3O3. The van der Waals surface area contributed by atoms with Crippen LogP contribution in [0.2, 0.25) is 0 Å². The molecule has 6 nitrogen and oxygen atoms in total. The Morgan fingerprint density at radius 2 is 1.89 bits per heavy atom. The third kappa shape index (κ3) is 8.24. The van der Waals surface area contributed by atoms with E-state index in [1.807, 2.05) is 37.3 Å². The number of hydrogen-bond donors (Lipinski definition) is 3. The molecule has 1 aliphatic heterocycles. The third-order valence-corrected chi connectivity index (χ3v) is 7.50. The minimum Gasteiger partial charge on any atom is -0.508 e. The van der Waals surface area contributed by atoms with Gasteiger partial charge in [0.25, 0.3) is 0 Å². The number of nitrogens with one attached hydrogen (secondary N) is 2. The van der Waals surface area contributed by atoms with Gasteiger partial charge in [0.1, 0.15) is 5.75 Å². The topological polar surface area (TPSA) is 81.7 Å². The molecule has 0 radical (unpaired) electrons. The van der Waals surface area contributed by atoms with Gasteiger partial charge in [-0.25, -0.2) is 0 Å². The number of phenols is 1. The first-order chi connectivity index (χ1) is 16.8. The summed E-state index contributed by atoms with van der Waals surface area (Å²) < 4.78 is 0. The number of nitrogens with zero attached hydrogens (tertiary/aromatic N) is 1. The van der Waals surface area contributed by atoms with Gasteiger partial charge in [-0.1, -0.05) is 56.3 Å². The van der Waals surface area contributed by atoms with Crippen LogP contribution >= 0.6 is 12.4 Å². The van der Waals surface area contributed by atoms with Gasteiger partial charge in [-0.3, -0.25) is 9.59 Å². The summed E-state index contributed by atoms with van der Waals surface area (Å²) in [6.07, 6.45) is 2.73. The Morgan fingerprint density at radius 1 is 1.14 bits per heavy atom. The molecule has 36 heavy (non-hydrogen) atoms. The van der Waals surface area contributed by atoms with Crippen LogP contribution in [0.5, 0.6) is 5.75 Å². The molecule has 0 aliphatic carbocycles. The number of carbonyl (C=O) groups excluding carboxylic acids is 2. The lowest BCUT2D eigenvalue weighted by Gasteiger charge is -2.45. The fraction of sp³-hybridized carbons (Fsp3) is 0.517. The quantitative estimate of drug-likeness (QED) is 0.390. The number of aromatic hydroxyl groups is 1. The van der Waals surface area contributed by atoms with E-state index in [0.717, 1.165) is 25.1 Å². The van der Waals surface area contributed by atoms with Crippen molar-refractivity contribution < 1.29 is 14.7 Å². The van der Waals surface area contributed by atoms with E-state index in [-0.39, 0.29) is 35.6 Å². The van der Waals surface area contributed by atoms with E-state index in [4.69, 9.17) is 0 Å². The van der Waals surface area contributed by atoms with E-state index in [1.165, 1.54) is 5.56 Å². The van der Waals surface area contributed by atoms with Crippen LogP contribution in [0.4, 0.5) is 0 Å². The Kier molecular flexibility index (Phi) is 11.7. The van der Waals surface area contributed by atoms with Gasteiger partial charge in [-0.05, 0) is 67.3 Å². The lowest BCUT2D eigenvalue weighted by molar-refractivity contribution is -0.126. The number of amides is 2. The predicted octanol–water partition coefficient (Wildman–Crippen LogP) is 4.30. The van der Waals surface area contributed by atoms with Gasteiger partial charge in [-0.2, -0.15) is 0 Å². The van der Waals surface area contributed by atoms with Crippen LogP contribution < -0.4 is 10.6 Å². The minimum absolute atomic E-state index is 0. The molecule has 1 heterocycles. The average Bonchev–Trinajstić information content (AvgIpc) is 2.84. The first kappa shape index (κ1) is 29.7. The van der Waals surface area contributed by atoms with Gasteiger partial charge in [-0.15, -0.1) is 12.4 Å². The molecule has 3 unspecified atom stereocenters. The van der Waals surface area contributed by atoms with Gasteiger partial charge < -0.3 is 20.6 Å². The summed E-state index contributed by atoms with van der Waals surface area (Å²) in [6.45, 7) is 10.1. The summed E-state index contributed by atoms with van der Waals surface area (Å²) in [6, 6.07) is 17.8. The fourth-order valence-corrected chi connectivity index (χ4v) is 5.11. The molecule has 1 saturated heterocycles. The molecule has 2 aromatic rings. The van der Waals surface area contributed by atoms with Crippen LogP contribution in [-0.4, -0.2) is 54.5 Å². The summed E-state index contributed by atoms with van der Waals surface area (Å²) in [4.78, 5) is 27.3. The van der Waals surface area contributed by atoms with Crippen molar-refractivity contribution in [3.63, 3.8) is 0 Å². The Hall–Kier alpha value is -2.57. The van der Waals surface area contributed by atoms with Crippen molar-refractivity contribution in [2.45, 2.75) is 51.9 Å². The normalized spacial score (nSPS) is 20.7.